The van der Waals surface area contributed by atoms with E-state index >= 15 is 0 Å². The number of rotatable bonds is 5. The molecule has 6 nitrogen and oxygen atoms in total. The predicted molar refractivity (Wildman–Crippen MR) is 70.2 cm³/mol. The van der Waals surface area contributed by atoms with Crippen LogP contribution < -0.4 is 0 Å². The van der Waals surface area contributed by atoms with E-state index in [1.54, 1.807) is 48.5 Å². The highest BCUT2D eigenvalue weighted by Gasteiger charge is 2.26. The highest BCUT2D eigenvalue weighted by Crippen LogP contribution is 2.20. The molecule has 0 bridgehead atoms. The zero-order valence-electron chi connectivity index (χ0n) is 12.8. The number of carbonyl (C=O) groups is 1. The topological polar surface area (TPSA) is 84.0 Å². The quantitative estimate of drug-likeness (QED) is 0.436. The van der Waals surface area contributed by atoms with Crippen LogP contribution in [-0.2, 0) is 14.6 Å². The van der Waals surface area contributed by atoms with Gasteiger partial charge in [-0.2, -0.15) is 20.4 Å². The fourth-order valence-electron chi connectivity index (χ4n) is 0.872. The van der Waals surface area contributed by atoms with Gasteiger partial charge in [-0.05, 0) is 48.5 Å². The van der Waals surface area contributed by atoms with Gasteiger partial charge in [-0.1, -0.05) is 0 Å². The lowest BCUT2D eigenvalue weighted by Crippen LogP contribution is -2.27. The van der Waals surface area contributed by atoms with Crippen LogP contribution >= 0.6 is 0 Å². The minimum atomic E-state index is -0.900. The van der Waals surface area contributed by atoms with E-state index in [0.717, 1.165) is 0 Å². The van der Waals surface area contributed by atoms with Crippen molar-refractivity contribution in [1.29, 1.82) is 5.26 Å². The fourth-order valence-corrected chi connectivity index (χ4v) is 0.872. The van der Waals surface area contributed by atoms with Crippen LogP contribution in [0.15, 0.2) is 10.2 Å². The summed E-state index contributed by atoms with van der Waals surface area (Å²) in [7, 11) is 0. The first kappa shape index (κ1) is 17.5. The first-order chi connectivity index (χ1) is 8.37. The third-order valence-corrected chi connectivity index (χ3v) is 1.81. The molecule has 0 aromatic heterocycles. The second kappa shape index (κ2) is 6.11. The molecule has 0 saturated heterocycles. The van der Waals surface area contributed by atoms with Crippen molar-refractivity contribution in [3.05, 3.63) is 0 Å². The molecule has 0 rings (SSSR count). The molecule has 0 unspecified atom stereocenters. The van der Waals surface area contributed by atoms with Gasteiger partial charge in [0, 0.05) is 0 Å². The highest BCUT2D eigenvalue weighted by molar-refractivity contribution is 5.70. The molecule has 0 aliphatic carbocycles. The van der Waals surface area contributed by atoms with Gasteiger partial charge in [0.25, 0.3) is 0 Å². The molecule has 0 N–H and O–H groups in total. The SMILES string of the molecule is CC(C)(C#N)N=NC(C)(C)CC(=O)OOC(C)(C)C. The molecule has 0 radical (unpaired) electrons. The maximum absolute atomic E-state index is 11.6. The van der Waals surface area contributed by atoms with Crippen LogP contribution in [0.2, 0.25) is 0 Å². The second-order valence-electron chi connectivity index (χ2n) is 6.51. The summed E-state index contributed by atoms with van der Waals surface area (Å²) in [5.41, 5.74) is -2.19. The molecule has 0 heterocycles. The van der Waals surface area contributed by atoms with Crippen molar-refractivity contribution in [2.24, 2.45) is 10.2 Å². The van der Waals surface area contributed by atoms with Crippen molar-refractivity contribution in [1.82, 2.24) is 0 Å². The summed E-state index contributed by atoms with van der Waals surface area (Å²) in [5.74, 6) is -0.520. The fraction of sp³-hybridized carbons (Fsp3) is 0.846. The van der Waals surface area contributed by atoms with E-state index in [0.29, 0.717) is 0 Å². The summed E-state index contributed by atoms with van der Waals surface area (Å²) in [4.78, 5) is 21.2. The maximum atomic E-state index is 11.6. The number of hydrogen-bond acceptors (Lipinski definition) is 6. The molecular weight excluding hydrogens is 246 g/mol. The molecule has 6 heteroatoms. The third-order valence-electron chi connectivity index (χ3n) is 1.81. The Morgan fingerprint density at radius 1 is 1.11 bits per heavy atom. The number of azo groups is 1. The minimum Gasteiger partial charge on any atom is -0.298 e. The zero-order chi connectivity index (χ0) is 15.3. The number of hydrogen-bond donors (Lipinski definition) is 0. The summed E-state index contributed by atoms with van der Waals surface area (Å²) >= 11 is 0. The standard InChI is InChI=1S/C13H23N3O3/c1-11(2,3)19-18-10(17)8-12(4,5)15-16-13(6,7)9-14/h8H2,1-7H3. The average molecular weight is 269 g/mol. The predicted octanol–water partition coefficient (Wildman–Crippen LogP) is 3.18. The molecule has 0 saturated carbocycles. The van der Waals surface area contributed by atoms with Gasteiger partial charge in [0.15, 0.2) is 5.54 Å². The Hall–Kier alpha value is -1.48. The van der Waals surface area contributed by atoms with E-state index < -0.39 is 22.6 Å². The molecule has 0 atom stereocenters. The van der Waals surface area contributed by atoms with Crippen LogP contribution in [0.25, 0.3) is 0 Å². The third kappa shape index (κ3) is 9.14. The smallest absolute Gasteiger partial charge is 0.298 e. The van der Waals surface area contributed by atoms with Crippen LogP contribution in [0.3, 0.4) is 0 Å². The molecule has 0 amide bonds. The first-order valence-corrected chi connectivity index (χ1v) is 6.11. The molecule has 19 heavy (non-hydrogen) atoms. The van der Waals surface area contributed by atoms with Crippen LogP contribution in [0.1, 0.15) is 54.9 Å². The van der Waals surface area contributed by atoms with E-state index in [1.807, 2.05) is 6.07 Å². The van der Waals surface area contributed by atoms with Gasteiger partial charge in [-0.3, -0.25) is 4.89 Å². The molecule has 0 aromatic rings. The first-order valence-electron chi connectivity index (χ1n) is 6.11. The summed E-state index contributed by atoms with van der Waals surface area (Å²) in [6, 6.07) is 2.01. The van der Waals surface area contributed by atoms with Crippen molar-refractivity contribution < 1.29 is 14.6 Å². The lowest BCUT2D eigenvalue weighted by molar-refractivity contribution is -0.321. The van der Waals surface area contributed by atoms with Gasteiger partial charge in [-0.25, -0.2) is 4.79 Å². The molecule has 0 aliphatic rings. The summed E-state index contributed by atoms with van der Waals surface area (Å²) in [6.45, 7) is 12.1. The van der Waals surface area contributed by atoms with Crippen LogP contribution in [0.4, 0.5) is 0 Å². The van der Waals surface area contributed by atoms with Gasteiger partial charge < -0.3 is 0 Å². The lowest BCUT2D eigenvalue weighted by Gasteiger charge is -2.20. The van der Waals surface area contributed by atoms with Crippen LogP contribution in [-0.4, -0.2) is 22.6 Å². The Balaban J connectivity index is 4.46. The monoisotopic (exact) mass is 269 g/mol. The second-order valence-corrected chi connectivity index (χ2v) is 6.51. The maximum Gasteiger partial charge on any atom is 0.344 e. The molecule has 0 fully saturated rings. The summed E-state index contributed by atoms with van der Waals surface area (Å²) in [5, 5.41) is 16.8. The lowest BCUT2D eigenvalue weighted by atomic mass is 10.0. The summed E-state index contributed by atoms with van der Waals surface area (Å²) in [6.07, 6.45) is 0.0219. The Kier molecular flexibility index (Phi) is 5.63. The van der Waals surface area contributed by atoms with Crippen LogP contribution in [0.5, 0.6) is 0 Å². The number of nitriles is 1. The minimum absolute atomic E-state index is 0.0219. The van der Waals surface area contributed by atoms with Crippen molar-refractivity contribution in [3.8, 4) is 6.07 Å². The Morgan fingerprint density at radius 3 is 2.05 bits per heavy atom. The molecule has 0 spiro atoms. The van der Waals surface area contributed by atoms with Crippen molar-refractivity contribution in [2.45, 2.75) is 71.6 Å². The van der Waals surface area contributed by atoms with Crippen molar-refractivity contribution >= 4 is 5.97 Å². The van der Waals surface area contributed by atoms with Crippen LogP contribution in [0, 0.1) is 11.3 Å². The van der Waals surface area contributed by atoms with E-state index in [2.05, 4.69) is 10.2 Å². The molecule has 0 aliphatic heterocycles. The van der Waals surface area contributed by atoms with Gasteiger partial charge in [-0.15, -0.1) is 0 Å². The normalized spacial score (nSPS) is 13.4. The van der Waals surface area contributed by atoms with E-state index in [1.165, 1.54) is 0 Å². The zero-order valence-corrected chi connectivity index (χ0v) is 12.8. The van der Waals surface area contributed by atoms with Gasteiger partial charge in [0.1, 0.15) is 5.60 Å². The van der Waals surface area contributed by atoms with E-state index in [-0.39, 0.29) is 6.42 Å². The summed E-state index contributed by atoms with van der Waals surface area (Å²) < 4.78 is 0. The van der Waals surface area contributed by atoms with Crippen molar-refractivity contribution in [2.75, 3.05) is 0 Å². The van der Waals surface area contributed by atoms with Crippen molar-refractivity contribution in [3.63, 3.8) is 0 Å². The largest absolute Gasteiger partial charge is 0.344 e. The Bertz CT molecular complexity index is 387. The van der Waals surface area contributed by atoms with E-state index in [9.17, 15) is 4.79 Å². The molecular formula is C13H23N3O3. The molecule has 108 valence electrons. The highest BCUT2D eigenvalue weighted by atomic mass is 17.2. The van der Waals surface area contributed by atoms with Gasteiger partial charge in [0.2, 0.25) is 0 Å². The average Bonchev–Trinajstić information content (AvgIpc) is 2.23. The Labute approximate surface area is 114 Å². The van der Waals surface area contributed by atoms with Gasteiger partial charge in [0.05, 0.1) is 18.0 Å². The number of nitrogens with zero attached hydrogens (tertiary/aromatic N) is 3. The molecule has 0 aromatic carbocycles. The number of carbonyl (C=O) groups excluding carboxylic acids is 1. The van der Waals surface area contributed by atoms with E-state index in [4.69, 9.17) is 15.0 Å². The van der Waals surface area contributed by atoms with Gasteiger partial charge >= 0.3 is 5.97 Å². The Morgan fingerprint density at radius 2 is 1.63 bits per heavy atom.